The molecule has 0 bridgehead atoms. The molecule has 0 radical (unpaired) electrons. The van der Waals surface area contributed by atoms with Gasteiger partial charge in [0.05, 0.1) is 16.9 Å². The van der Waals surface area contributed by atoms with Crippen molar-refractivity contribution in [3.05, 3.63) is 83.4 Å². The first-order valence-corrected chi connectivity index (χ1v) is 14.2. The number of anilines is 2. The van der Waals surface area contributed by atoms with Crippen molar-refractivity contribution >= 4 is 34.7 Å². The zero-order valence-electron chi connectivity index (χ0n) is 22.5. The molecule has 10 heteroatoms. The molecule has 1 aliphatic carbocycles. The molecule has 2 unspecified atom stereocenters. The van der Waals surface area contributed by atoms with E-state index in [1.165, 1.54) is 24.3 Å². The number of halogens is 2. The molecule has 4 aliphatic rings. The Bertz CT molecular complexity index is 1590. The number of phenols is 1. The molecule has 3 aliphatic heterocycles. The van der Waals surface area contributed by atoms with E-state index in [2.05, 4.69) is 28.3 Å². The zero-order valence-corrected chi connectivity index (χ0v) is 23.3. The van der Waals surface area contributed by atoms with Gasteiger partial charge in [-0.05, 0) is 67.7 Å². The minimum Gasteiger partial charge on any atom is -0.507 e. The van der Waals surface area contributed by atoms with Crippen LogP contribution in [0.5, 0.6) is 5.75 Å². The molecule has 210 valence electrons. The number of amides is 1. The quantitative estimate of drug-likeness (QED) is 0.331. The summed E-state index contributed by atoms with van der Waals surface area (Å²) in [5.41, 5.74) is 4.04. The van der Waals surface area contributed by atoms with E-state index in [0.717, 1.165) is 35.3 Å². The second-order valence-corrected chi connectivity index (χ2v) is 11.4. The maximum Gasteiger partial charge on any atom is 0.246 e. The first-order valence-electron chi connectivity index (χ1n) is 13.8. The molecule has 0 spiro atoms. The van der Waals surface area contributed by atoms with Crippen LogP contribution in [-0.4, -0.2) is 69.8 Å². The van der Waals surface area contributed by atoms with E-state index < -0.39 is 12.0 Å². The van der Waals surface area contributed by atoms with Gasteiger partial charge < -0.3 is 24.5 Å². The van der Waals surface area contributed by atoms with Gasteiger partial charge in [0, 0.05) is 54.2 Å². The number of hydrogen-bond donors (Lipinski definition) is 1. The van der Waals surface area contributed by atoms with Crippen molar-refractivity contribution in [3.8, 4) is 16.9 Å². The summed E-state index contributed by atoms with van der Waals surface area (Å²) in [6.45, 7) is 7.28. The average Bonchev–Trinajstić information content (AvgIpc) is 3.89. The second-order valence-electron chi connectivity index (χ2n) is 11.0. The lowest BCUT2D eigenvalue weighted by molar-refractivity contribution is -0.128. The molecular formula is C31H29ClFN5O3. The van der Waals surface area contributed by atoms with Crippen LogP contribution in [0.1, 0.15) is 36.8 Å². The Hall–Kier alpha value is -3.95. The minimum atomic E-state index is -0.569. The van der Waals surface area contributed by atoms with Crippen molar-refractivity contribution in [2.45, 2.75) is 44.2 Å². The van der Waals surface area contributed by atoms with E-state index in [4.69, 9.17) is 21.3 Å². The van der Waals surface area contributed by atoms with Gasteiger partial charge in [-0.1, -0.05) is 24.2 Å². The summed E-state index contributed by atoms with van der Waals surface area (Å²) in [7, 11) is 0. The standard InChI is InChI=1S/C31H29ClFN5O3/c1-3-27(40)36-11-12-37(17(2)16-36)29-20-13-22(32)19(28-23(33)5-4-6-26(28)39)14-25(20)38(31-30(35-29)41-31)24-9-10-34-15-21(24)18-7-8-18/h3-6,9-10,13-15,17-18,30-31,39H,1,7-8,11-12,16H2,2H3/t17-,30?,31?/m0/s1. The summed E-state index contributed by atoms with van der Waals surface area (Å²) in [6.07, 6.45) is 6.42. The lowest BCUT2D eigenvalue weighted by Crippen LogP contribution is -2.55. The number of phenolic OH excluding ortho intramolecular Hbond substituents is 1. The number of fused-ring (bicyclic) bond motifs is 2. The highest BCUT2D eigenvalue weighted by Crippen LogP contribution is 2.51. The van der Waals surface area contributed by atoms with E-state index >= 15 is 4.39 Å². The number of aliphatic imine (C=N–C) groups is 1. The van der Waals surface area contributed by atoms with Crippen LogP contribution in [-0.2, 0) is 9.53 Å². The number of amidine groups is 1. The number of hydrogen-bond acceptors (Lipinski definition) is 7. The highest BCUT2D eigenvalue weighted by atomic mass is 35.5. The van der Waals surface area contributed by atoms with E-state index in [1.807, 2.05) is 18.3 Å². The number of carbonyl (C=O) groups excluding carboxylic acids is 1. The van der Waals surface area contributed by atoms with Gasteiger partial charge in [0.25, 0.3) is 0 Å². The number of nitrogens with zero attached hydrogens (tertiary/aromatic N) is 5. The Morgan fingerprint density at radius 2 is 2.02 bits per heavy atom. The molecule has 1 amide bonds. The van der Waals surface area contributed by atoms with E-state index in [-0.39, 0.29) is 29.5 Å². The fourth-order valence-corrected chi connectivity index (χ4v) is 6.30. The Labute approximate surface area is 242 Å². The third kappa shape index (κ3) is 4.44. The van der Waals surface area contributed by atoms with Gasteiger partial charge in [-0.15, -0.1) is 0 Å². The molecular weight excluding hydrogens is 545 g/mol. The molecule has 41 heavy (non-hydrogen) atoms. The first-order chi connectivity index (χ1) is 19.9. The Kier molecular flexibility index (Phi) is 6.24. The van der Waals surface area contributed by atoms with Crippen LogP contribution in [0.4, 0.5) is 15.8 Å². The largest absolute Gasteiger partial charge is 0.507 e. The van der Waals surface area contributed by atoms with Crippen molar-refractivity contribution in [2.24, 2.45) is 4.99 Å². The summed E-state index contributed by atoms with van der Waals surface area (Å²) in [4.78, 5) is 27.9. The van der Waals surface area contributed by atoms with Crippen molar-refractivity contribution < 1.29 is 19.0 Å². The molecule has 2 saturated heterocycles. The van der Waals surface area contributed by atoms with Crippen LogP contribution >= 0.6 is 11.6 Å². The fourth-order valence-electron chi connectivity index (χ4n) is 6.04. The number of epoxide rings is 1. The molecule has 1 saturated carbocycles. The lowest BCUT2D eigenvalue weighted by Gasteiger charge is -2.41. The van der Waals surface area contributed by atoms with E-state index in [0.29, 0.717) is 42.0 Å². The van der Waals surface area contributed by atoms with Crippen molar-refractivity contribution in [3.63, 3.8) is 0 Å². The zero-order chi connectivity index (χ0) is 28.4. The average molecular weight is 574 g/mol. The Balaban J connectivity index is 1.40. The van der Waals surface area contributed by atoms with Crippen LogP contribution < -0.4 is 4.90 Å². The van der Waals surface area contributed by atoms with Gasteiger partial charge in [-0.3, -0.25) is 9.78 Å². The fraction of sp³-hybridized carbons (Fsp3) is 0.323. The van der Waals surface area contributed by atoms with E-state index in [1.54, 1.807) is 17.2 Å². The molecule has 8 nitrogen and oxygen atoms in total. The van der Waals surface area contributed by atoms with Gasteiger partial charge >= 0.3 is 0 Å². The number of ether oxygens (including phenoxy) is 1. The summed E-state index contributed by atoms with van der Waals surface area (Å²) >= 11 is 6.88. The third-order valence-electron chi connectivity index (χ3n) is 8.29. The first kappa shape index (κ1) is 26.0. The molecule has 1 N–H and O–H groups in total. The Morgan fingerprint density at radius 1 is 1.20 bits per heavy atom. The predicted octanol–water partition coefficient (Wildman–Crippen LogP) is 5.42. The van der Waals surface area contributed by atoms with Crippen LogP contribution in [0.2, 0.25) is 5.02 Å². The monoisotopic (exact) mass is 573 g/mol. The molecule has 3 aromatic rings. The number of rotatable bonds is 4. The number of carbonyl (C=O) groups is 1. The number of piperazine rings is 1. The summed E-state index contributed by atoms with van der Waals surface area (Å²) in [6, 6.07) is 9.79. The molecule has 4 heterocycles. The molecule has 1 aromatic heterocycles. The SMILES string of the molecule is C=CC(=O)N1CCN(C2=NC3OC3N(c3ccncc3C3CC3)c3cc(-c4c(O)cccc4F)c(Cl)cc32)[C@@H](C)C1. The normalized spacial score (nSPS) is 23.3. The van der Waals surface area contributed by atoms with Crippen LogP contribution in [0.3, 0.4) is 0 Å². The van der Waals surface area contributed by atoms with Gasteiger partial charge in [0.1, 0.15) is 17.4 Å². The van der Waals surface area contributed by atoms with Crippen LogP contribution in [0.25, 0.3) is 11.1 Å². The maximum absolute atomic E-state index is 15.1. The maximum atomic E-state index is 15.1. The summed E-state index contributed by atoms with van der Waals surface area (Å²) < 4.78 is 21.3. The highest BCUT2D eigenvalue weighted by Gasteiger charge is 2.50. The van der Waals surface area contributed by atoms with Gasteiger partial charge in [0.15, 0.2) is 12.5 Å². The van der Waals surface area contributed by atoms with E-state index in [9.17, 15) is 9.90 Å². The van der Waals surface area contributed by atoms with Crippen molar-refractivity contribution in [2.75, 3.05) is 24.5 Å². The second kappa shape index (κ2) is 9.85. The van der Waals surface area contributed by atoms with Crippen LogP contribution in [0, 0.1) is 5.82 Å². The lowest BCUT2D eigenvalue weighted by atomic mass is 9.98. The minimum absolute atomic E-state index is 0.0401. The topological polar surface area (TPSA) is 84.8 Å². The molecule has 7 rings (SSSR count). The third-order valence-corrected chi connectivity index (χ3v) is 8.60. The smallest absolute Gasteiger partial charge is 0.246 e. The number of benzene rings is 2. The van der Waals surface area contributed by atoms with Gasteiger partial charge in [-0.2, -0.15) is 0 Å². The Morgan fingerprint density at radius 3 is 2.76 bits per heavy atom. The highest BCUT2D eigenvalue weighted by molar-refractivity contribution is 6.34. The van der Waals surface area contributed by atoms with Crippen LogP contribution in [0.15, 0.2) is 66.4 Å². The van der Waals surface area contributed by atoms with Crippen molar-refractivity contribution in [1.29, 1.82) is 0 Å². The number of aromatic hydroxyl groups is 1. The van der Waals surface area contributed by atoms with Gasteiger partial charge in [0.2, 0.25) is 5.91 Å². The van der Waals surface area contributed by atoms with Crippen molar-refractivity contribution in [1.82, 2.24) is 14.8 Å². The van der Waals surface area contributed by atoms with Gasteiger partial charge in [-0.25, -0.2) is 9.38 Å². The molecule has 3 fully saturated rings. The predicted molar refractivity (Wildman–Crippen MR) is 155 cm³/mol. The molecule has 2 aromatic carbocycles. The molecule has 3 atom stereocenters. The summed E-state index contributed by atoms with van der Waals surface area (Å²) in [5, 5.41) is 11.0. The number of pyridine rings is 1. The number of aromatic nitrogens is 1. The summed E-state index contributed by atoms with van der Waals surface area (Å²) in [5.74, 6) is 0.266.